The monoisotopic (exact) mass is 251 g/mol. The zero-order chi connectivity index (χ0) is 13.4. The van der Waals surface area contributed by atoms with Crippen LogP contribution in [-0.4, -0.2) is 19.3 Å². The molecule has 18 heavy (non-hydrogen) atoms. The molecule has 0 saturated carbocycles. The minimum absolute atomic E-state index is 0.116. The van der Waals surface area contributed by atoms with Gasteiger partial charge in [0.1, 0.15) is 5.82 Å². The first-order valence-corrected chi connectivity index (χ1v) is 6.38. The van der Waals surface area contributed by atoms with Gasteiger partial charge in [0, 0.05) is 12.6 Å². The zero-order valence-electron chi connectivity index (χ0n) is 11.2. The van der Waals surface area contributed by atoms with Crippen molar-refractivity contribution in [3.63, 3.8) is 0 Å². The summed E-state index contributed by atoms with van der Waals surface area (Å²) >= 11 is 0. The predicted molar refractivity (Wildman–Crippen MR) is 73.0 cm³/mol. The fourth-order valence-electron chi connectivity index (χ4n) is 1.82. The van der Waals surface area contributed by atoms with Gasteiger partial charge in [-0.1, -0.05) is 25.1 Å². The Bertz CT molecular complexity index is 367. The van der Waals surface area contributed by atoms with Gasteiger partial charge in [0.25, 0.3) is 0 Å². The summed E-state index contributed by atoms with van der Waals surface area (Å²) in [7, 11) is 0. The molecule has 0 aliphatic rings. The average molecular weight is 251 g/mol. The molecule has 0 fully saturated rings. The average Bonchev–Trinajstić information content (AvgIpc) is 2.37. The molecule has 0 aromatic heterocycles. The molecule has 1 rings (SSSR count). The number of halogens is 1. The highest BCUT2D eigenvalue weighted by Gasteiger charge is 2.11. The van der Waals surface area contributed by atoms with Crippen LogP contribution in [0.3, 0.4) is 0 Å². The maximum absolute atomic E-state index is 13.2. The first-order chi connectivity index (χ1) is 8.67. The van der Waals surface area contributed by atoms with Crippen LogP contribution in [0.25, 0.3) is 0 Å². The van der Waals surface area contributed by atoms with Crippen LogP contribution >= 0.6 is 0 Å². The highest BCUT2D eigenvalue weighted by Crippen LogP contribution is 2.17. The number of benzene rings is 1. The van der Waals surface area contributed by atoms with E-state index < -0.39 is 0 Å². The molecule has 2 nitrogen and oxygen atoms in total. The maximum Gasteiger partial charge on any atom is 0.123 e. The Kier molecular flexibility index (Phi) is 6.61. The molecule has 1 N–H and O–H groups in total. The van der Waals surface area contributed by atoms with Gasteiger partial charge in [-0.3, -0.25) is 0 Å². The van der Waals surface area contributed by atoms with Crippen molar-refractivity contribution in [2.45, 2.75) is 32.4 Å². The van der Waals surface area contributed by atoms with E-state index in [1.807, 2.05) is 13.0 Å². The van der Waals surface area contributed by atoms with Gasteiger partial charge in [0.15, 0.2) is 0 Å². The van der Waals surface area contributed by atoms with Gasteiger partial charge in [-0.15, -0.1) is 6.58 Å². The van der Waals surface area contributed by atoms with Crippen molar-refractivity contribution >= 4 is 0 Å². The van der Waals surface area contributed by atoms with E-state index in [9.17, 15) is 4.39 Å². The van der Waals surface area contributed by atoms with Gasteiger partial charge in [0.2, 0.25) is 0 Å². The van der Waals surface area contributed by atoms with Crippen LogP contribution in [0.5, 0.6) is 0 Å². The van der Waals surface area contributed by atoms with Crippen LogP contribution < -0.4 is 5.32 Å². The van der Waals surface area contributed by atoms with Crippen LogP contribution in [0.2, 0.25) is 0 Å². The molecule has 0 aliphatic heterocycles. The first-order valence-electron chi connectivity index (χ1n) is 6.38. The van der Waals surface area contributed by atoms with Crippen molar-refractivity contribution in [2.24, 2.45) is 0 Å². The molecule has 0 radical (unpaired) electrons. The van der Waals surface area contributed by atoms with Crippen molar-refractivity contribution in [3.05, 3.63) is 48.3 Å². The van der Waals surface area contributed by atoms with E-state index in [0.717, 1.165) is 18.5 Å². The second kappa shape index (κ2) is 8.01. The Labute approximate surface area is 109 Å². The smallest absolute Gasteiger partial charge is 0.123 e. The van der Waals surface area contributed by atoms with Gasteiger partial charge in [-0.25, -0.2) is 4.39 Å². The van der Waals surface area contributed by atoms with E-state index >= 15 is 0 Å². The molecule has 1 aromatic carbocycles. The molecule has 3 heteroatoms. The molecule has 0 aliphatic carbocycles. The maximum atomic E-state index is 13.2. The van der Waals surface area contributed by atoms with Crippen LogP contribution in [0, 0.1) is 5.82 Å². The number of ether oxygens (including phenoxy) is 1. The van der Waals surface area contributed by atoms with E-state index in [0.29, 0.717) is 6.61 Å². The summed E-state index contributed by atoms with van der Waals surface area (Å²) < 4.78 is 18.7. The Hall–Kier alpha value is -1.19. The van der Waals surface area contributed by atoms with Gasteiger partial charge in [-0.05, 0) is 31.0 Å². The second-order valence-corrected chi connectivity index (χ2v) is 4.36. The fraction of sp³-hybridized carbons (Fsp3) is 0.467. The minimum atomic E-state index is -0.191. The SMILES string of the molecule is C=CCOC(C)CNC(CC)c1cccc(F)c1. The third-order valence-corrected chi connectivity index (χ3v) is 2.81. The van der Waals surface area contributed by atoms with Crippen LogP contribution in [0.15, 0.2) is 36.9 Å². The number of nitrogens with one attached hydrogen (secondary N) is 1. The third-order valence-electron chi connectivity index (χ3n) is 2.81. The van der Waals surface area contributed by atoms with E-state index in [1.54, 1.807) is 18.2 Å². The number of hydrogen-bond acceptors (Lipinski definition) is 2. The topological polar surface area (TPSA) is 21.3 Å². The summed E-state index contributed by atoms with van der Waals surface area (Å²) in [5.74, 6) is -0.191. The Morgan fingerprint density at radius 2 is 2.28 bits per heavy atom. The first kappa shape index (κ1) is 14.9. The number of rotatable bonds is 8. The zero-order valence-corrected chi connectivity index (χ0v) is 11.2. The molecule has 100 valence electrons. The molecular formula is C15H22FNO. The standard InChI is InChI=1S/C15H22FNO/c1-4-9-18-12(3)11-17-15(5-2)13-7-6-8-14(16)10-13/h4,6-8,10,12,15,17H,1,5,9,11H2,2-3H3. The van der Waals surface area contributed by atoms with E-state index in [-0.39, 0.29) is 18.0 Å². The Morgan fingerprint density at radius 3 is 2.89 bits per heavy atom. The highest BCUT2D eigenvalue weighted by atomic mass is 19.1. The minimum Gasteiger partial charge on any atom is -0.373 e. The molecule has 0 saturated heterocycles. The normalized spacial score (nSPS) is 14.2. The lowest BCUT2D eigenvalue weighted by atomic mass is 10.0. The lowest BCUT2D eigenvalue weighted by Crippen LogP contribution is -2.30. The molecule has 0 spiro atoms. The van der Waals surface area contributed by atoms with Gasteiger partial charge in [-0.2, -0.15) is 0 Å². The largest absolute Gasteiger partial charge is 0.373 e. The van der Waals surface area contributed by atoms with Crippen molar-refractivity contribution < 1.29 is 9.13 Å². The molecule has 0 amide bonds. The van der Waals surface area contributed by atoms with Crippen LogP contribution in [0.4, 0.5) is 4.39 Å². The molecule has 2 atom stereocenters. The second-order valence-electron chi connectivity index (χ2n) is 4.36. The summed E-state index contributed by atoms with van der Waals surface area (Å²) in [6, 6.07) is 6.89. The summed E-state index contributed by atoms with van der Waals surface area (Å²) in [5, 5.41) is 3.40. The Morgan fingerprint density at radius 1 is 1.50 bits per heavy atom. The van der Waals surface area contributed by atoms with Gasteiger partial charge in [0.05, 0.1) is 12.7 Å². The number of hydrogen-bond donors (Lipinski definition) is 1. The van der Waals surface area contributed by atoms with Crippen LogP contribution in [-0.2, 0) is 4.74 Å². The lowest BCUT2D eigenvalue weighted by Gasteiger charge is -2.20. The van der Waals surface area contributed by atoms with Crippen molar-refractivity contribution in [1.29, 1.82) is 0 Å². The molecule has 1 aromatic rings. The molecule has 2 unspecified atom stereocenters. The fourth-order valence-corrected chi connectivity index (χ4v) is 1.82. The summed E-state index contributed by atoms with van der Waals surface area (Å²) in [5.41, 5.74) is 0.980. The summed E-state index contributed by atoms with van der Waals surface area (Å²) in [6.45, 7) is 9.00. The van der Waals surface area contributed by atoms with E-state index in [4.69, 9.17) is 4.74 Å². The van der Waals surface area contributed by atoms with Gasteiger partial charge >= 0.3 is 0 Å². The van der Waals surface area contributed by atoms with Crippen molar-refractivity contribution in [2.75, 3.05) is 13.2 Å². The summed E-state index contributed by atoms with van der Waals surface area (Å²) in [4.78, 5) is 0. The van der Waals surface area contributed by atoms with E-state index in [1.165, 1.54) is 6.07 Å². The van der Waals surface area contributed by atoms with Crippen molar-refractivity contribution in [3.8, 4) is 0 Å². The third kappa shape index (κ3) is 4.98. The molecular weight excluding hydrogens is 229 g/mol. The Balaban J connectivity index is 2.49. The predicted octanol–water partition coefficient (Wildman–Crippen LogP) is 3.46. The quantitative estimate of drug-likeness (QED) is 0.714. The van der Waals surface area contributed by atoms with Crippen molar-refractivity contribution in [1.82, 2.24) is 5.32 Å². The summed E-state index contributed by atoms with van der Waals surface area (Å²) in [6.07, 6.45) is 2.77. The van der Waals surface area contributed by atoms with Crippen LogP contribution in [0.1, 0.15) is 31.9 Å². The van der Waals surface area contributed by atoms with Gasteiger partial charge < -0.3 is 10.1 Å². The molecule has 0 heterocycles. The highest BCUT2D eigenvalue weighted by molar-refractivity contribution is 5.20. The van der Waals surface area contributed by atoms with E-state index in [2.05, 4.69) is 18.8 Å². The molecule has 0 bridgehead atoms. The lowest BCUT2D eigenvalue weighted by molar-refractivity contribution is 0.0854.